The number of Topliss-reactive ketones (excluding diaryl/α,β-unsaturated/α-hetero) is 1. The summed E-state index contributed by atoms with van der Waals surface area (Å²) in [6, 6.07) is 3.47. The summed E-state index contributed by atoms with van der Waals surface area (Å²) in [4.78, 5) is 31.1. The number of ketones is 1. The molecule has 1 amide bonds. The van der Waals surface area contributed by atoms with Gasteiger partial charge in [0.05, 0.1) is 12.3 Å². The van der Waals surface area contributed by atoms with Crippen molar-refractivity contribution in [3.05, 3.63) is 17.8 Å². The molecule has 0 bridgehead atoms. The Kier molecular flexibility index (Phi) is 4.47. The second kappa shape index (κ2) is 6.54. The maximum Gasteiger partial charge on any atom is 0.237 e. The second-order valence-electron chi connectivity index (χ2n) is 5.69. The van der Waals surface area contributed by atoms with E-state index in [9.17, 15) is 9.59 Å². The number of fused-ring (bicyclic) bond motifs is 1. The molecule has 7 heteroatoms. The lowest BCUT2D eigenvalue weighted by Crippen LogP contribution is -2.46. The van der Waals surface area contributed by atoms with Crippen molar-refractivity contribution >= 4 is 17.4 Å². The Bertz CT molecular complexity index is 613. The van der Waals surface area contributed by atoms with Gasteiger partial charge in [-0.05, 0) is 25.8 Å². The molecule has 0 aromatic carbocycles. The lowest BCUT2D eigenvalue weighted by Gasteiger charge is -2.30. The summed E-state index contributed by atoms with van der Waals surface area (Å²) in [6.07, 6.45) is 1.50. The van der Waals surface area contributed by atoms with Gasteiger partial charge in [0.15, 0.2) is 5.78 Å². The molecule has 3 rings (SSSR count). The number of pyridine rings is 1. The van der Waals surface area contributed by atoms with Gasteiger partial charge in [0.1, 0.15) is 17.8 Å². The van der Waals surface area contributed by atoms with Crippen molar-refractivity contribution in [2.45, 2.75) is 26.0 Å². The van der Waals surface area contributed by atoms with Crippen LogP contribution < -0.4 is 10.1 Å². The average molecular weight is 319 g/mol. The van der Waals surface area contributed by atoms with Crippen LogP contribution >= 0.6 is 0 Å². The van der Waals surface area contributed by atoms with E-state index in [1.807, 2.05) is 6.92 Å². The van der Waals surface area contributed by atoms with Crippen LogP contribution in [0, 0.1) is 5.92 Å². The first-order chi connectivity index (χ1) is 11.1. The van der Waals surface area contributed by atoms with E-state index in [0.29, 0.717) is 24.8 Å². The number of carbonyl (C=O) groups is 2. The highest BCUT2D eigenvalue weighted by Crippen LogP contribution is 2.27. The number of amides is 1. The molecule has 1 aromatic heterocycles. The van der Waals surface area contributed by atoms with Gasteiger partial charge in [-0.1, -0.05) is 0 Å². The Morgan fingerprint density at radius 1 is 1.52 bits per heavy atom. The molecule has 23 heavy (non-hydrogen) atoms. The van der Waals surface area contributed by atoms with E-state index in [1.165, 1.54) is 4.90 Å². The van der Waals surface area contributed by atoms with E-state index in [0.717, 1.165) is 12.8 Å². The van der Waals surface area contributed by atoms with Gasteiger partial charge >= 0.3 is 0 Å². The first-order valence-electron chi connectivity index (χ1n) is 7.92. The predicted molar refractivity (Wildman–Crippen MR) is 83.5 cm³/mol. The summed E-state index contributed by atoms with van der Waals surface area (Å²) in [5.74, 6) is -0.887. The number of hydrogen-bond donors (Lipinski definition) is 1. The maximum atomic E-state index is 12.7. The zero-order valence-corrected chi connectivity index (χ0v) is 13.4. The summed E-state index contributed by atoms with van der Waals surface area (Å²) in [5, 5.41) is 3.11. The summed E-state index contributed by atoms with van der Waals surface area (Å²) < 4.78 is 10.9. The summed E-state index contributed by atoms with van der Waals surface area (Å²) in [7, 11) is 1.69. The van der Waals surface area contributed by atoms with E-state index in [2.05, 4.69) is 10.3 Å². The van der Waals surface area contributed by atoms with E-state index in [4.69, 9.17) is 9.47 Å². The Hall–Kier alpha value is -2.15. The molecule has 2 aliphatic rings. The quantitative estimate of drug-likeness (QED) is 0.843. The fourth-order valence-electron chi connectivity index (χ4n) is 2.92. The SMILES string of the molecule is CCOc1ccc2c(n1)C(=O)C(C(=O)N(C)C1CCCO1)CN2. The van der Waals surface area contributed by atoms with Crippen LogP contribution in [-0.4, -0.2) is 54.6 Å². The van der Waals surface area contributed by atoms with Crippen molar-refractivity contribution in [1.82, 2.24) is 9.88 Å². The largest absolute Gasteiger partial charge is 0.478 e. The van der Waals surface area contributed by atoms with Gasteiger partial charge in [-0.25, -0.2) is 4.98 Å². The predicted octanol–water partition coefficient (Wildman–Crippen LogP) is 1.30. The number of anilines is 1. The van der Waals surface area contributed by atoms with Gasteiger partial charge in [0.25, 0.3) is 0 Å². The Labute approximate surface area is 135 Å². The second-order valence-corrected chi connectivity index (χ2v) is 5.69. The Morgan fingerprint density at radius 3 is 3.04 bits per heavy atom. The summed E-state index contributed by atoms with van der Waals surface area (Å²) >= 11 is 0. The maximum absolute atomic E-state index is 12.7. The third-order valence-electron chi connectivity index (χ3n) is 4.19. The first kappa shape index (κ1) is 15.7. The number of hydrogen-bond acceptors (Lipinski definition) is 6. The molecule has 0 saturated carbocycles. The molecule has 2 unspecified atom stereocenters. The number of aromatic nitrogens is 1. The van der Waals surface area contributed by atoms with Crippen molar-refractivity contribution < 1.29 is 19.1 Å². The lowest BCUT2D eigenvalue weighted by atomic mass is 9.94. The van der Waals surface area contributed by atoms with Crippen LogP contribution in [0.4, 0.5) is 5.69 Å². The summed E-state index contributed by atoms with van der Waals surface area (Å²) in [5.41, 5.74) is 0.906. The third-order valence-corrected chi connectivity index (χ3v) is 4.19. The average Bonchev–Trinajstić information content (AvgIpc) is 3.09. The smallest absolute Gasteiger partial charge is 0.237 e. The molecule has 7 nitrogen and oxygen atoms in total. The van der Waals surface area contributed by atoms with E-state index in [-0.39, 0.29) is 30.2 Å². The van der Waals surface area contributed by atoms with Crippen molar-refractivity contribution in [3.8, 4) is 5.88 Å². The molecule has 2 aliphatic heterocycles. The molecule has 0 spiro atoms. The lowest BCUT2D eigenvalue weighted by molar-refractivity contribution is -0.142. The van der Waals surface area contributed by atoms with Gasteiger partial charge in [-0.15, -0.1) is 0 Å². The zero-order chi connectivity index (χ0) is 16.4. The minimum atomic E-state index is -0.777. The van der Waals surface area contributed by atoms with Crippen LogP contribution in [0.5, 0.6) is 5.88 Å². The van der Waals surface area contributed by atoms with E-state index >= 15 is 0 Å². The molecule has 1 fully saturated rings. The van der Waals surface area contributed by atoms with Crippen molar-refractivity contribution in [2.75, 3.05) is 32.1 Å². The van der Waals surface area contributed by atoms with Crippen LogP contribution in [0.15, 0.2) is 12.1 Å². The van der Waals surface area contributed by atoms with Crippen molar-refractivity contribution in [3.63, 3.8) is 0 Å². The minimum absolute atomic E-state index is 0.233. The van der Waals surface area contributed by atoms with Gasteiger partial charge < -0.3 is 19.7 Å². The molecular weight excluding hydrogens is 298 g/mol. The molecule has 0 radical (unpaired) electrons. The Morgan fingerprint density at radius 2 is 2.35 bits per heavy atom. The molecule has 0 aliphatic carbocycles. The molecule has 2 atom stereocenters. The third kappa shape index (κ3) is 3.01. The number of ether oxygens (including phenoxy) is 2. The highest BCUT2D eigenvalue weighted by molar-refractivity contribution is 6.13. The topological polar surface area (TPSA) is 80.8 Å². The molecule has 3 heterocycles. The molecule has 1 N–H and O–H groups in total. The highest BCUT2D eigenvalue weighted by Gasteiger charge is 2.38. The highest BCUT2D eigenvalue weighted by atomic mass is 16.5. The van der Waals surface area contributed by atoms with Crippen LogP contribution in [0.3, 0.4) is 0 Å². The van der Waals surface area contributed by atoms with Crippen LogP contribution in [-0.2, 0) is 9.53 Å². The van der Waals surface area contributed by atoms with E-state index in [1.54, 1.807) is 19.2 Å². The Balaban J connectivity index is 1.79. The normalized spacial score (nSPS) is 23.1. The molecule has 1 saturated heterocycles. The fraction of sp³-hybridized carbons (Fsp3) is 0.562. The van der Waals surface area contributed by atoms with Gasteiger partial charge in [0, 0.05) is 26.3 Å². The van der Waals surface area contributed by atoms with Crippen LogP contribution in [0.2, 0.25) is 0 Å². The number of rotatable bonds is 4. The molecular formula is C16H21N3O4. The van der Waals surface area contributed by atoms with Gasteiger partial charge in [-0.2, -0.15) is 0 Å². The molecule has 1 aromatic rings. The number of nitrogens with zero attached hydrogens (tertiary/aromatic N) is 2. The monoisotopic (exact) mass is 319 g/mol. The number of carbonyl (C=O) groups excluding carboxylic acids is 2. The fourth-order valence-corrected chi connectivity index (χ4v) is 2.92. The summed E-state index contributed by atoms with van der Waals surface area (Å²) in [6.45, 7) is 3.25. The van der Waals surface area contributed by atoms with Gasteiger partial charge in [-0.3, -0.25) is 9.59 Å². The first-order valence-corrected chi connectivity index (χ1v) is 7.92. The standard InChI is InChI=1S/C16H21N3O4/c1-3-22-12-7-6-11-14(18-12)15(20)10(9-17-11)16(21)19(2)13-5-4-8-23-13/h6-7,10,13,17H,3-5,8-9H2,1-2H3. The van der Waals surface area contributed by atoms with Crippen LogP contribution in [0.1, 0.15) is 30.3 Å². The van der Waals surface area contributed by atoms with Crippen molar-refractivity contribution in [2.24, 2.45) is 5.92 Å². The number of nitrogens with one attached hydrogen (secondary N) is 1. The molecule has 124 valence electrons. The van der Waals surface area contributed by atoms with Crippen LogP contribution in [0.25, 0.3) is 0 Å². The van der Waals surface area contributed by atoms with Crippen molar-refractivity contribution in [1.29, 1.82) is 0 Å². The van der Waals surface area contributed by atoms with Gasteiger partial charge in [0.2, 0.25) is 11.8 Å². The van der Waals surface area contributed by atoms with E-state index < -0.39 is 5.92 Å². The zero-order valence-electron chi connectivity index (χ0n) is 13.4. The minimum Gasteiger partial charge on any atom is -0.478 e.